The standard InChI is InChI=1S/C18H22FN5O2S/c1-12-16(17(20-2)27-22-12)18(26)24-9-7-23(8-10-24)11-15(25)21-14-5-3-13(19)4-6-14/h3-6,20H,7-11H2,1-2H3,(H,21,25). The predicted octanol–water partition coefficient (Wildman–Crippen LogP) is 2.03. The van der Waals surface area contributed by atoms with Crippen LogP contribution in [0.2, 0.25) is 0 Å². The zero-order valence-corrected chi connectivity index (χ0v) is 16.1. The normalized spacial score (nSPS) is 14.9. The Morgan fingerprint density at radius 2 is 1.85 bits per heavy atom. The number of hydrogen-bond acceptors (Lipinski definition) is 6. The summed E-state index contributed by atoms with van der Waals surface area (Å²) in [7, 11) is 1.78. The van der Waals surface area contributed by atoms with Crippen LogP contribution in [0, 0.1) is 12.7 Å². The van der Waals surface area contributed by atoms with Gasteiger partial charge in [0.05, 0.1) is 17.8 Å². The summed E-state index contributed by atoms with van der Waals surface area (Å²) in [6, 6.07) is 5.67. The molecule has 1 saturated heterocycles. The minimum absolute atomic E-state index is 0.0268. The minimum Gasteiger partial charge on any atom is -0.378 e. The molecule has 1 fully saturated rings. The molecule has 2 heterocycles. The fourth-order valence-electron chi connectivity index (χ4n) is 3.00. The molecule has 1 aliphatic heterocycles. The van der Waals surface area contributed by atoms with E-state index >= 15 is 0 Å². The van der Waals surface area contributed by atoms with Crippen molar-refractivity contribution in [1.82, 2.24) is 14.2 Å². The number of carbonyl (C=O) groups is 2. The molecule has 7 nitrogen and oxygen atoms in total. The molecule has 27 heavy (non-hydrogen) atoms. The van der Waals surface area contributed by atoms with Gasteiger partial charge in [0, 0.05) is 38.9 Å². The predicted molar refractivity (Wildman–Crippen MR) is 104 cm³/mol. The lowest BCUT2D eigenvalue weighted by Gasteiger charge is -2.34. The van der Waals surface area contributed by atoms with Gasteiger partial charge in [0.2, 0.25) is 5.91 Å². The van der Waals surface area contributed by atoms with Crippen molar-refractivity contribution in [3.63, 3.8) is 0 Å². The number of aromatic nitrogens is 1. The van der Waals surface area contributed by atoms with E-state index in [1.165, 1.54) is 35.8 Å². The van der Waals surface area contributed by atoms with Crippen LogP contribution in [-0.4, -0.2) is 65.8 Å². The van der Waals surface area contributed by atoms with Crippen molar-refractivity contribution < 1.29 is 14.0 Å². The van der Waals surface area contributed by atoms with Crippen LogP contribution in [0.1, 0.15) is 16.1 Å². The van der Waals surface area contributed by atoms with Gasteiger partial charge in [0.25, 0.3) is 5.91 Å². The van der Waals surface area contributed by atoms with Gasteiger partial charge >= 0.3 is 0 Å². The van der Waals surface area contributed by atoms with Crippen LogP contribution in [0.3, 0.4) is 0 Å². The molecule has 0 atom stereocenters. The molecular formula is C18H22FN5O2S. The summed E-state index contributed by atoms with van der Waals surface area (Å²) in [5.41, 5.74) is 1.93. The van der Waals surface area contributed by atoms with Gasteiger partial charge in [-0.3, -0.25) is 14.5 Å². The number of rotatable bonds is 5. The van der Waals surface area contributed by atoms with Crippen LogP contribution in [0.25, 0.3) is 0 Å². The molecular weight excluding hydrogens is 369 g/mol. The van der Waals surface area contributed by atoms with E-state index in [1.54, 1.807) is 11.9 Å². The van der Waals surface area contributed by atoms with Gasteiger partial charge < -0.3 is 15.5 Å². The average molecular weight is 391 g/mol. The Labute approximate surface area is 161 Å². The van der Waals surface area contributed by atoms with Gasteiger partial charge in [-0.05, 0) is 42.7 Å². The molecule has 2 aromatic rings. The molecule has 0 bridgehead atoms. The molecule has 0 unspecified atom stereocenters. The van der Waals surface area contributed by atoms with E-state index in [2.05, 4.69) is 15.0 Å². The maximum Gasteiger partial charge on any atom is 0.258 e. The number of aryl methyl sites for hydroxylation is 1. The summed E-state index contributed by atoms with van der Waals surface area (Å²) in [6.45, 7) is 4.42. The first-order valence-corrected chi connectivity index (χ1v) is 9.46. The Balaban J connectivity index is 1.51. The van der Waals surface area contributed by atoms with Crippen molar-refractivity contribution in [2.24, 2.45) is 0 Å². The van der Waals surface area contributed by atoms with Crippen molar-refractivity contribution >= 4 is 34.0 Å². The Kier molecular flexibility index (Phi) is 6.02. The van der Waals surface area contributed by atoms with Crippen LogP contribution in [0.4, 0.5) is 15.1 Å². The summed E-state index contributed by atoms with van der Waals surface area (Å²) in [5.74, 6) is -0.524. The number of anilines is 2. The highest BCUT2D eigenvalue weighted by Crippen LogP contribution is 2.25. The second-order valence-electron chi connectivity index (χ2n) is 6.35. The second-order valence-corrected chi connectivity index (χ2v) is 7.12. The third kappa shape index (κ3) is 4.61. The summed E-state index contributed by atoms with van der Waals surface area (Å²) >= 11 is 1.28. The summed E-state index contributed by atoms with van der Waals surface area (Å²) in [4.78, 5) is 28.7. The van der Waals surface area contributed by atoms with E-state index in [0.717, 1.165) is 10.7 Å². The zero-order chi connectivity index (χ0) is 19.4. The van der Waals surface area contributed by atoms with Crippen LogP contribution in [-0.2, 0) is 4.79 Å². The first kappa shape index (κ1) is 19.2. The summed E-state index contributed by atoms with van der Waals surface area (Å²) in [6.07, 6.45) is 0. The first-order valence-electron chi connectivity index (χ1n) is 8.69. The lowest BCUT2D eigenvalue weighted by Crippen LogP contribution is -2.50. The zero-order valence-electron chi connectivity index (χ0n) is 15.3. The van der Waals surface area contributed by atoms with Gasteiger partial charge in [0.1, 0.15) is 10.8 Å². The van der Waals surface area contributed by atoms with E-state index in [0.29, 0.717) is 37.4 Å². The molecule has 0 aliphatic carbocycles. The lowest BCUT2D eigenvalue weighted by atomic mass is 10.2. The molecule has 144 valence electrons. The van der Waals surface area contributed by atoms with Crippen molar-refractivity contribution in [3.05, 3.63) is 41.3 Å². The molecule has 0 saturated carbocycles. The molecule has 0 radical (unpaired) electrons. The highest BCUT2D eigenvalue weighted by Gasteiger charge is 2.27. The Hall–Kier alpha value is -2.52. The first-order chi connectivity index (χ1) is 13.0. The molecule has 2 N–H and O–H groups in total. The molecule has 0 spiro atoms. The van der Waals surface area contributed by atoms with E-state index in [-0.39, 0.29) is 24.2 Å². The quantitative estimate of drug-likeness (QED) is 0.816. The van der Waals surface area contributed by atoms with Crippen molar-refractivity contribution in [3.8, 4) is 0 Å². The fourth-order valence-corrected chi connectivity index (χ4v) is 3.73. The second kappa shape index (κ2) is 8.45. The summed E-state index contributed by atoms with van der Waals surface area (Å²) < 4.78 is 17.2. The largest absolute Gasteiger partial charge is 0.378 e. The molecule has 1 aromatic heterocycles. The Bertz CT molecular complexity index is 816. The Morgan fingerprint density at radius 1 is 1.19 bits per heavy atom. The van der Waals surface area contributed by atoms with E-state index in [9.17, 15) is 14.0 Å². The number of nitrogens with zero attached hydrogens (tertiary/aromatic N) is 3. The SMILES string of the molecule is CNc1snc(C)c1C(=O)N1CCN(CC(=O)Nc2ccc(F)cc2)CC1. The van der Waals surface area contributed by atoms with Crippen LogP contribution < -0.4 is 10.6 Å². The number of hydrogen-bond donors (Lipinski definition) is 2. The van der Waals surface area contributed by atoms with E-state index in [4.69, 9.17) is 0 Å². The van der Waals surface area contributed by atoms with Crippen molar-refractivity contribution in [1.29, 1.82) is 0 Å². The van der Waals surface area contributed by atoms with Crippen LogP contribution in [0.5, 0.6) is 0 Å². The van der Waals surface area contributed by atoms with Gasteiger partial charge in [0.15, 0.2) is 0 Å². The average Bonchev–Trinajstić information content (AvgIpc) is 3.04. The van der Waals surface area contributed by atoms with Gasteiger partial charge in [-0.2, -0.15) is 4.37 Å². The maximum atomic E-state index is 12.9. The minimum atomic E-state index is -0.341. The number of halogens is 1. The highest BCUT2D eigenvalue weighted by molar-refractivity contribution is 7.10. The Morgan fingerprint density at radius 3 is 2.48 bits per heavy atom. The number of benzene rings is 1. The van der Waals surface area contributed by atoms with Crippen LogP contribution >= 0.6 is 11.5 Å². The molecule has 9 heteroatoms. The highest BCUT2D eigenvalue weighted by atomic mass is 32.1. The number of piperazine rings is 1. The van der Waals surface area contributed by atoms with Gasteiger partial charge in [-0.1, -0.05) is 0 Å². The van der Waals surface area contributed by atoms with Gasteiger partial charge in [-0.25, -0.2) is 4.39 Å². The number of carbonyl (C=O) groups excluding carboxylic acids is 2. The van der Waals surface area contributed by atoms with Crippen LogP contribution in [0.15, 0.2) is 24.3 Å². The maximum absolute atomic E-state index is 12.9. The molecule has 2 amide bonds. The monoisotopic (exact) mass is 391 g/mol. The number of amides is 2. The fraction of sp³-hybridized carbons (Fsp3) is 0.389. The topological polar surface area (TPSA) is 77.6 Å². The van der Waals surface area contributed by atoms with Gasteiger partial charge in [-0.15, -0.1) is 0 Å². The molecule has 1 aliphatic rings. The third-order valence-electron chi connectivity index (χ3n) is 4.46. The molecule has 3 rings (SSSR count). The lowest BCUT2D eigenvalue weighted by molar-refractivity contribution is -0.117. The van der Waals surface area contributed by atoms with Crippen molar-refractivity contribution in [2.45, 2.75) is 6.92 Å². The number of nitrogens with one attached hydrogen (secondary N) is 2. The van der Waals surface area contributed by atoms with E-state index < -0.39 is 0 Å². The molecule has 1 aromatic carbocycles. The summed E-state index contributed by atoms with van der Waals surface area (Å²) in [5, 5.41) is 6.55. The third-order valence-corrected chi connectivity index (χ3v) is 5.41. The van der Waals surface area contributed by atoms with E-state index in [1.807, 2.05) is 11.8 Å². The van der Waals surface area contributed by atoms with Crippen molar-refractivity contribution in [2.75, 3.05) is 50.4 Å². The smallest absolute Gasteiger partial charge is 0.258 e.